The molecule has 0 saturated carbocycles. The molecule has 1 unspecified atom stereocenters. The average Bonchev–Trinajstić information content (AvgIpc) is 2.46. The van der Waals surface area contributed by atoms with Gasteiger partial charge in [-0.3, -0.25) is 10.6 Å². The molecule has 5 nitrogen and oxygen atoms in total. The van der Waals surface area contributed by atoms with Crippen molar-refractivity contribution < 1.29 is 9.53 Å². The van der Waals surface area contributed by atoms with Crippen molar-refractivity contribution in [2.24, 2.45) is 5.84 Å². The summed E-state index contributed by atoms with van der Waals surface area (Å²) in [7, 11) is 0. The summed E-state index contributed by atoms with van der Waals surface area (Å²) in [6.07, 6.45) is 1.09. The first-order valence-electron chi connectivity index (χ1n) is 6.63. The normalized spacial score (nSPS) is 19.3. The van der Waals surface area contributed by atoms with Gasteiger partial charge in [-0.25, -0.2) is 0 Å². The molecule has 1 heterocycles. The van der Waals surface area contributed by atoms with Crippen LogP contribution in [0, 0.1) is 6.92 Å². The number of amides is 1. The number of carbonyl (C=O) groups is 1. The fraction of sp³-hybridized carbons (Fsp3) is 0.500. The summed E-state index contributed by atoms with van der Waals surface area (Å²) in [6.45, 7) is 5.95. The fourth-order valence-corrected chi connectivity index (χ4v) is 2.29. The molecular formula is C14H21N3O2. The van der Waals surface area contributed by atoms with Crippen molar-refractivity contribution in [2.75, 3.05) is 25.1 Å². The van der Waals surface area contributed by atoms with Crippen LogP contribution >= 0.6 is 0 Å². The number of morpholine rings is 1. The second-order valence-corrected chi connectivity index (χ2v) is 4.83. The van der Waals surface area contributed by atoms with Crippen molar-refractivity contribution in [3.05, 3.63) is 29.3 Å². The van der Waals surface area contributed by atoms with Crippen LogP contribution in [0.3, 0.4) is 0 Å². The minimum atomic E-state index is 0.0634. The van der Waals surface area contributed by atoms with E-state index in [4.69, 9.17) is 10.6 Å². The Morgan fingerprint density at radius 1 is 1.58 bits per heavy atom. The Morgan fingerprint density at radius 2 is 2.37 bits per heavy atom. The lowest BCUT2D eigenvalue weighted by Crippen LogP contribution is -2.45. The number of nitrogens with two attached hydrogens (primary N) is 1. The van der Waals surface area contributed by atoms with E-state index in [1.54, 1.807) is 6.07 Å². The number of hydrazine groups is 1. The van der Waals surface area contributed by atoms with Crippen molar-refractivity contribution in [3.8, 4) is 0 Å². The monoisotopic (exact) mass is 263 g/mol. The van der Waals surface area contributed by atoms with Gasteiger partial charge in [-0.1, -0.05) is 6.92 Å². The van der Waals surface area contributed by atoms with Crippen LogP contribution in [0.2, 0.25) is 0 Å². The highest BCUT2D eigenvalue weighted by Crippen LogP contribution is 2.18. The smallest absolute Gasteiger partial charge is 0.254 e. The summed E-state index contributed by atoms with van der Waals surface area (Å²) in [4.78, 5) is 14.3. The Balaban J connectivity index is 2.12. The van der Waals surface area contributed by atoms with E-state index in [0.717, 1.165) is 17.7 Å². The van der Waals surface area contributed by atoms with Gasteiger partial charge in [0.15, 0.2) is 0 Å². The summed E-state index contributed by atoms with van der Waals surface area (Å²) < 4.78 is 5.58. The van der Waals surface area contributed by atoms with Crippen LogP contribution in [0.15, 0.2) is 18.2 Å². The first kappa shape index (κ1) is 13.8. The van der Waals surface area contributed by atoms with Gasteiger partial charge in [0.2, 0.25) is 0 Å². The van der Waals surface area contributed by atoms with Crippen molar-refractivity contribution in [1.29, 1.82) is 0 Å². The first-order chi connectivity index (χ1) is 9.15. The number of nitrogen functional groups attached to an aromatic ring is 1. The highest BCUT2D eigenvalue weighted by Gasteiger charge is 2.24. The van der Waals surface area contributed by atoms with Crippen LogP contribution < -0.4 is 11.3 Å². The number of anilines is 1. The van der Waals surface area contributed by atoms with E-state index in [1.807, 2.05) is 24.0 Å². The second-order valence-electron chi connectivity index (χ2n) is 4.83. The number of hydrogen-bond donors (Lipinski definition) is 2. The molecule has 0 aromatic heterocycles. The highest BCUT2D eigenvalue weighted by atomic mass is 16.5. The van der Waals surface area contributed by atoms with Gasteiger partial charge in [0, 0.05) is 18.7 Å². The topological polar surface area (TPSA) is 67.6 Å². The van der Waals surface area contributed by atoms with Gasteiger partial charge in [-0.15, -0.1) is 0 Å². The van der Waals surface area contributed by atoms with Gasteiger partial charge in [0.25, 0.3) is 5.91 Å². The Hall–Kier alpha value is -1.59. The number of rotatable bonds is 3. The van der Waals surface area contributed by atoms with Gasteiger partial charge in [-0.05, 0) is 37.1 Å². The Kier molecular flexibility index (Phi) is 4.39. The molecule has 1 aromatic rings. The predicted molar refractivity (Wildman–Crippen MR) is 74.9 cm³/mol. The molecule has 1 amide bonds. The van der Waals surface area contributed by atoms with E-state index >= 15 is 0 Å². The maximum Gasteiger partial charge on any atom is 0.254 e. The Morgan fingerprint density at radius 3 is 3.00 bits per heavy atom. The van der Waals surface area contributed by atoms with Crippen LogP contribution in [0.5, 0.6) is 0 Å². The number of hydrogen-bond acceptors (Lipinski definition) is 4. The van der Waals surface area contributed by atoms with Gasteiger partial charge < -0.3 is 15.1 Å². The van der Waals surface area contributed by atoms with E-state index in [-0.39, 0.29) is 12.0 Å². The summed E-state index contributed by atoms with van der Waals surface area (Å²) >= 11 is 0. The second kappa shape index (κ2) is 6.04. The zero-order valence-electron chi connectivity index (χ0n) is 11.5. The SMILES string of the molecule is CCC1CN(C(=O)c2ccc(NN)c(C)c2)CCO1. The lowest BCUT2D eigenvalue weighted by Gasteiger charge is -2.32. The lowest BCUT2D eigenvalue weighted by atomic mass is 10.1. The number of aryl methyl sites for hydroxylation is 1. The number of carbonyl (C=O) groups excluding carboxylic acids is 1. The fourth-order valence-electron chi connectivity index (χ4n) is 2.29. The number of nitrogens with one attached hydrogen (secondary N) is 1. The summed E-state index contributed by atoms with van der Waals surface area (Å²) in [5, 5.41) is 0. The summed E-state index contributed by atoms with van der Waals surface area (Å²) in [5.41, 5.74) is 5.12. The van der Waals surface area contributed by atoms with Crippen molar-refractivity contribution >= 4 is 11.6 Å². The molecule has 2 rings (SSSR count). The third kappa shape index (κ3) is 3.05. The van der Waals surface area contributed by atoms with E-state index in [9.17, 15) is 4.79 Å². The summed E-state index contributed by atoms with van der Waals surface area (Å²) in [5.74, 6) is 5.46. The van der Waals surface area contributed by atoms with Gasteiger partial charge >= 0.3 is 0 Å². The number of nitrogens with zero attached hydrogens (tertiary/aromatic N) is 1. The predicted octanol–water partition coefficient (Wildman–Crippen LogP) is 1.53. The quantitative estimate of drug-likeness (QED) is 0.641. The van der Waals surface area contributed by atoms with E-state index in [2.05, 4.69) is 12.3 Å². The Bertz CT molecular complexity index is 462. The van der Waals surface area contributed by atoms with Crippen LogP contribution in [-0.4, -0.2) is 36.6 Å². The van der Waals surface area contributed by atoms with Crippen molar-refractivity contribution in [1.82, 2.24) is 4.90 Å². The van der Waals surface area contributed by atoms with Gasteiger partial charge in [0.1, 0.15) is 0 Å². The molecule has 0 radical (unpaired) electrons. The van der Waals surface area contributed by atoms with Crippen LogP contribution in [0.4, 0.5) is 5.69 Å². The largest absolute Gasteiger partial charge is 0.375 e. The maximum absolute atomic E-state index is 12.4. The zero-order chi connectivity index (χ0) is 13.8. The molecule has 1 aliphatic rings. The van der Waals surface area contributed by atoms with Crippen LogP contribution in [0.25, 0.3) is 0 Å². The molecule has 3 N–H and O–H groups in total. The van der Waals surface area contributed by atoms with Gasteiger partial charge in [-0.2, -0.15) is 0 Å². The standard InChI is InChI=1S/C14H21N3O2/c1-3-12-9-17(6-7-19-12)14(18)11-4-5-13(16-15)10(2)8-11/h4-5,8,12,16H,3,6-7,9,15H2,1-2H3. The molecule has 0 bridgehead atoms. The first-order valence-corrected chi connectivity index (χ1v) is 6.63. The number of benzene rings is 1. The van der Waals surface area contributed by atoms with Crippen molar-refractivity contribution in [2.45, 2.75) is 26.4 Å². The van der Waals surface area contributed by atoms with E-state index in [0.29, 0.717) is 25.3 Å². The molecule has 1 atom stereocenters. The number of ether oxygens (including phenoxy) is 1. The summed E-state index contributed by atoms with van der Waals surface area (Å²) in [6, 6.07) is 5.51. The molecule has 0 spiro atoms. The Labute approximate surface area is 113 Å². The molecule has 1 aromatic carbocycles. The minimum absolute atomic E-state index is 0.0634. The molecule has 1 aliphatic heterocycles. The molecular weight excluding hydrogens is 242 g/mol. The minimum Gasteiger partial charge on any atom is -0.375 e. The molecule has 5 heteroatoms. The zero-order valence-corrected chi connectivity index (χ0v) is 11.5. The maximum atomic E-state index is 12.4. The van der Waals surface area contributed by atoms with E-state index in [1.165, 1.54) is 0 Å². The average molecular weight is 263 g/mol. The lowest BCUT2D eigenvalue weighted by molar-refractivity contribution is -0.0226. The molecule has 1 saturated heterocycles. The molecule has 104 valence electrons. The van der Waals surface area contributed by atoms with Gasteiger partial charge in [0.05, 0.1) is 18.4 Å². The third-order valence-electron chi connectivity index (χ3n) is 3.51. The molecule has 19 heavy (non-hydrogen) atoms. The molecule has 0 aliphatic carbocycles. The highest BCUT2D eigenvalue weighted by molar-refractivity contribution is 5.95. The van der Waals surface area contributed by atoms with E-state index < -0.39 is 0 Å². The van der Waals surface area contributed by atoms with Crippen molar-refractivity contribution in [3.63, 3.8) is 0 Å². The molecule has 1 fully saturated rings. The van der Waals surface area contributed by atoms with Crippen LogP contribution in [0.1, 0.15) is 29.3 Å². The van der Waals surface area contributed by atoms with Crippen LogP contribution in [-0.2, 0) is 4.74 Å². The third-order valence-corrected chi connectivity index (χ3v) is 3.51.